The van der Waals surface area contributed by atoms with E-state index >= 15 is 0 Å². The molecule has 1 aliphatic heterocycles. The van der Waals surface area contributed by atoms with E-state index in [9.17, 15) is 4.79 Å². The quantitative estimate of drug-likeness (QED) is 0.901. The van der Waals surface area contributed by atoms with Crippen molar-refractivity contribution in [1.82, 2.24) is 10.3 Å². The van der Waals surface area contributed by atoms with Crippen molar-refractivity contribution in [2.75, 3.05) is 13.2 Å². The molecule has 0 saturated carbocycles. The summed E-state index contributed by atoms with van der Waals surface area (Å²) < 4.78 is 11.4. The van der Waals surface area contributed by atoms with Crippen molar-refractivity contribution in [2.45, 2.75) is 12.5 Å². The predicted octanol–water partition coefficient (Wildman–Crippen LogP) is 1.85. The lowest BCUT2D eigenvalue weighted by molar-refractivity contribution is 0.0811. The molecule has 3 rings (SSSR count). The van der Waals surface area contributed by atoms with Crippen LogP contribution in [-0.2, 0) is 0 Å². The summed E-state index contributed by atoms with van der Waals surface area (Å²) >= 11 is 0. The van der Waals surface area contributed by atoms with Crippen LogP contribution in [0.1, 0.15) is 22.5 Å². The van der Waals surface area contributed by atoms with Gasteiger partial charge in [-0.1, -0.05) is 12.1 Å². The third kappa shape index (κ3) is 3.04. The van der Waals surface area contributed by atoms with Gasteiger partial charge in [0.15, 0.2) is 11.5 Å². The topological polar surface area (TPSA) is 87.1 Å². The summed E-state index contributed by atoms with van der Waals surface area (Å²) in [4.78, 5) is 14.7. The maximum Gasteiger partial charge on any atom is 0.267 e. The first-order valence-electron chi connectivity index (χ1n) is 7.01. The first kappa shape index (κ1) is 14.0. The Bertz CT molecular complexity index is 717. The number of benzene rings is 1. The molecule has 1 aromatic heterocycles. The molecule has 0 saturated heterocycles. The van der Waals surface area contributed by atoms with Crippen molar-refractivity contribution in [3.8, 4) is 17.6 Å². The maximum absolute atomic E-state index is 11.9. The van der Waals surface area contributed by atoms with Crippen molar-refractivity contribution >= 4 is 5.91 Å². The summed E-state index contributed by atoms with van der Waals surface area (Å²) in [6.07, 6.45) is 2.06. The van der Waals surface area contributed by atoms with Gasteiger partial charge in [0.2, 0.25) is 0 Å². The smallest absolute Gasteiger partial charge is 0.267 e. The van der Waals surface area contributed by atoms with Crippen molar-refractivity contribution in [1.29, 1.82) is 5.26 Å². The molecule has 2 aromatic rings. The lowest BCUT2D eigenvalue weighted by Gasteiger charge is -2.26. The molecule has 22 heavy (non-hydrogen) atoms. The van der Waals surface area contributed by atoms with Crippen LogP contribution in [0.5, 0.6) is 11.5 Å². The normalized spacial score (nSPS) is 15.9. The van der Waals surface area contributed by atoms with Crippen LogP contribution in [0.4, 0.5) is 0 Å². The Hall–Kier alpha value is -2.94. The molecule has 0 fully saturated rings. The zero-order valence-corrected chi connectivity index (χ0v) is 11.8. The number of amides is 1. The summed E-state index contributed by atoms with van der Waals surface area (Å²) in [6, 6.07) is 11.0. The van der Waals surface area contributed by atoms with E-state index in [1.807, 2.05) is 30.3 Å². The molecule has 2 N–H and O–H groups in total. The summed E-state index contributed by atoms with van der Waals surface area (Å²) in [5.41, 5.74) is 0.813. The lowest BCUT2D eigenvalue weighted by atomic mass is 10.2. The van der Waals surface area contributed by atoms with Gasteiger partial charge in [-0.15, -0.1) is 0 Å². The molecule has 1 aromatic carbocycles. The standard InChI is InChI=1S/C16H15N3O3/c17-8-11-7-13(19-9-11)16(20)18-6-5-12-10-21-14-3-1-2-4-15(14)22-12/h1-4,7,9,12,19H,5-6,10H2,(H,18,20)/t12-/m1/s1. The predicted molar refractivity (Wildman–Crippen MR) is 78.8 cm³/mol. The van der Waals surface area contributed by atoms with Gasteiger partial charge in [0.1, 0.15) is 24.5 Å². The molecule has 112 valence electrons. The number of H-pyrrole nitrogens is 1. The van der Waals surface area contributed by atoms with Crippen LogP contribution < -0.4 is 14.8 Å². The van der Waals surface area contributed by atoms with Gasteiger partial charge >= 0.3 is 0 Å². The molecule has 0 aliphatic carbocycles. The Kier molecular flexibility index (Phi) is 3.97. The van der Waals surface area contributed by atoms with Gasteiger partial charge < -0.3 is 19.8 Å². The second-order valence-electron chi connectivity index (χ2n) is 4.96. The SMILES string of the molecule is N#Cc1c[nH]c(C(=O)NCC[C@@H]2COc3ccccc3O2)c1. The van der Waals surface area contributed by atoms with Gasteiger partial charge in [0.25, 0.3) is 5.91 Å². The number of nitrogens with zero attached hydrogens (tertiary/aromatic N) is 1. The number of rotatable bonds is 4. The minimum absolute atomic E-state index is 0.0893. The number of ether oxygens (including phenoxy) is 2. The average Bonchev–Trinajstić information content (AvgIpc) is 3.04. The van der Waals surface area contributed by atoms with Gasteiger partial charge in [-0.3, -0.25) is 4.79 Å². The number of carbonyl (C=O) groups excluding carboxylic acids is 1. The van der Waals surface area contributed by atoms with Crippen molar-refractivity contribution < 1.29 is 14.3 Å². The Morgan fingerprint density at radius 3 is 3.00 bits per heavy atom. The number of nitrogens with one attached hydrogen (secondary N) is 2. The fourth-order valence-electron chi connectivity index (χ4n) is 2.24. The van der Waals surface area contributed by atoms with Crippen LogP contribution in [0.2, 0.25) is 0 Å². The van der Waals surface area contributed by atoms with Crippen LogP contribution in [0.3, 0.4) is 0 Å². The summed E-state index contributed by atoms with van der Waals surface area (Å²) in [5.74, 6) is 1.24. The first-order valence-corrected chi connectivity index (χ1v) is 7.01. The third-order valence-electron chi connectivity index (χ3n) is 3.38. The van der Waals surface area contributed by atoms with E-state index in [0.29, 0.717) is 30.8 Å². The largest absolute Gasteiger partial charge is 0.486 e. The molecule has 6 nitrogen and oxygen atoms in total. The van der Waals surface area contributed by atoms with Crippen molar-refractivity contribution in [3.05, 3.63) is 47.8 Å². The van der Waals surface area contributed by atoms with E-state index in [2.05, 4.69) is 10.3 Å². The highest BCUT2D eigenvalue weighted by molar-refractivity contribution is 5.92. The molecule has 2 heterocycles. The van der Waals surface area contributed by atoms with Crippen LogP contribution in [0.15, 0.2) is 36.5 Å². The zero-order chi connectivity index (χ0) is 15.4. The van der Waals surface area contributed by atoms with Crippen LogP contribution in [0.25, 0.3) is 0 Å². The molecule has 1 aliphatic rings. The number of hydrogen-bond acceptors (Lipinski definition) is 4. The third-order valence-corrected chi connectivity index (χ3v) is 3.38. The molecule has 6 heteroatoms. The van der Waals surface area contributed by atoms with E-state index in [1.54, 1.807) is 0 Å². The molecule has 0 unspecified atom stereocenters. The second-order valence-corrected chi connectivity index (χ2v) is 4.96. The monoisotopic (exact) mass is 297 g/mol. The highest BCUT2D eigenvalue weighted by atomic mass is 16.6. The minimum atomic E-state index is -0.237. The van der Waals surface area contributed by atoms with Gasteiger partial charge in [0, 0.05) is 19.2 Å². The molecule has 1 atom stereocenters. The Morgan fingerprint density at radius 2 is 2.23 bits per heavy atom. The fourth-order valence-corrected chi connectivity index (χ4v) is 2.24. The number of aromatic amines is 1. The molecular formula is C16H15N3O3. The highest BCUT2D eigenvalue weighted by Crippen LogP contribution is 2.31. The van der Waals surface area contributed by atoms with Gasteiger partial charge in [-0.2, -0.15) is 5.26 Å². The van der Waals surface area contributed by atoms with E-state index in [0.717, 1.165) is 11.5 Å². The van der Waals surface area contributed by atoms with Gasteiger partial charge in [-0.05, 0) is 18.2 Å². The number of nitriles is 1. The number of fused-ring (bicyclic) bond motifs is 1. The Labute approximate surface area is 127 Å². The molecular weight excluding hydrogens is 282 g/mol. The second kappa shape index (κ2) is 6.22. The highest BCUT2D eigenvalue weighted by Gasteiger charge is 2.20. The Balaban J connectivity index is 1.48. The van der Waals surface area contributed by atoms with E-state index in [-0.39, 0.29) is 12.0 Å². The first-order chi connectivity index (χ1) is 10.8. The van der Waals surface area contributed by atoms with E-state index < -0.39 is 0 Å². The minimum Gasteiger partial charge on any atom is -0.486 e. The van der Waals surface area contributed by atoms with Gasteiger partial charge in [0.05, 0.1) is 5.56 Å². The van der Waals surface area contributed by atoms with Crippen LogP contribution >= 0.6 is 0 Å². The zero-order valence-electron chi connectivity index (χ0n) is 11.8. The number of para-hydroxylation sites is 2. The lowest BCUT2D eigenvalue weighted by Crippen LogP contribution is -2.34. The molecule has 0 radical (unpaired) electrons. The summed E-state index contributed by atoms with van der Waals surface area (Å²) in [7, 11) is 0. The number of aromatic nitrogens is 1. The summed E-state index contributed by atoms with van der Waals surface area (Å²) in [6.45, 7) is 0.934. The molecule has 1 amide bonds. The Morgan fingerprint density at radius 1 is 1.41 bits per heavy atom. The number of hydrogen-bond donors (Lipinski definition) is 2. The average molecular weight is 297 g/mol. The van der Waals surface area contributed by atoms with Crippen LogP contribution in [-0.4, -0.2) is 30.1 Å². The van der Waals surface area contributed by atoms with Crippen molar-refractivity contribution in [2.24, 2.45) is 0 Å². The summed E-state index contributed by atoms with van der Waals surface area (Å²) in [5, 5.41) is 11.5. The fraction of sp³-hybridized carbons (Fsp3) is 0.250. The number of carbonyl (C=O) groups is 1. The molecule has 0 spiro atoms. The van der Waals surface area contributed by atoms with Crippen molar-refractivity contribution in [3.63, 3.8) is 0 Å². The van der Waals surface area contributed by atoms with Gasteiger partial charge in [-0.25, -0.2) is 0 Å². The maximum atomic E-state index is 11.9. The van der Waals surface area contributed by atoms with E-state index in [4.69, 9.17) is 14.7 Å². The van der Waals surface area contributed by atoms with E-state index in [1.165, 1.54) is 12.3 Å². The molecule has 0 bridgehead atoms. The van der Waals surface area contributed by atoms with Crippen LogP contribution in [0, 0.1) is 11.3 Å².